The molecule has 0 spiro atoms. The fraction of sp³-hybridized carbons (Fsp3) is 0.250. The molecule has 18 heavy (non-hydrogen) atoms. The average molecular weight is 243 g/mol. The van der Waals surface area contributed by atoms with Crippen LogP contribution in [-0.2, 0) is 6.42 Å². The van der Waals surface area contributed by atoms with Crippen LogP contribution in [0.3, 0.4) is 0 Å². The SMILES string of the molecule is Cc1cc(C)c(C(N)Cc2ccccc2)c(F)c1. The number of benzene rings is 2. The molecule has 0 aliphatic rings. The summed E-state index contributed by atoms with van der Waals surface area (Å²) in [5.74, 6) is -0.198. The Morgan fingerprint density at radius 3 is 2.39 bits per heavy atom. The van der Waals surface area contributed by atoms with Gasteiger partial charge in [0.25, 0.3) is 0 Å². The number of halogens is 1. The summed E-state index contributed by atoms with van der Waals surface area (Å²) in [5, 5.41) is 0. The standard InChI is InChI=1S/C16H18FN/c1-11-8-12(2)16(14(17)9-11)15(18)10-13-6-4-3-5-7-13/h3-9,15H,10,18H2,1-2H3. The first-order valence-corrected chi connectivity index (χ1v) is 6.14. The van der Waals surface area contributed by atoms with Crippen LogP contribution >= 0.6 is 0 Å². The molecule has 2 aromatic rings. The van der Waals surface area contributed by atoms with Crippen LogP contribution in [0.15, 0.2) is 42.5 Å². The second-order valence-electron chi connectivity index (χ2n) is 4.77. The molecule has 0 amide bonds. The lowest BCUT2D eigenvalue weighted by Gasteiger charge is -2.16. The summed E-state index contributed by atoms with van der Waals surface area (Å²) in [6, 6.07) is 13.2. The smallest absolute Gasteiger partial charge is 0.128 e. The molecule has 2 rings (SSSR count). The third kappa shape index (κ3) is 2.77. The molecule has 0 aliphatic heterocycles. The lowest BCUT2D eigenvalue weighted by molar-refractivity contribution is 0.576. The van der Waals surface area contributed by atoms with Gasteiger partial charge in [0.15, 0.2) is 0 Å². The zero-order chi connectivity index (χ0) is 13.1. The fourth-order valence-corrected chi connectivity index (χ4v) is 2.37. The molecular formula is C16H18FN. The van der Waals surface area contributed by atoms with E-state index < -0.39 is 0 Å². The van der Waals surface area contributed by atoms with Crippen molar-refractivity contribution in [2.24, 2.45) is 5.73 Å². The van der Waals surface area contributed by atoms with Crippen molar-refractivity contribution in [3.8, 4) is 0 Å². The summed E-state index contributed by atoms with van der Waals surface area (Å²) in [6.45, 7) is 3.80. The summed E-state index contributed by atoms with van der Waals surface area (Å²) < 4.78 is 14.0. The van der Waals surface area contributed by atoms with Crippen molar-refractivity contribution in [3.63, 3.8) is 0 Å². The van der Waals surface area contributed by atoms with Crippen LogP contribution in [0, 0.1) is 19.7 Å². The first-order chi connectivity index (χ1) is 8.58. The second kappa shape index (κ2) is 5.32. The van der Waals surface area contributed by atoms with Gasteiger partial charge in [-0.25, -0.2) is 4.39 Å². The van der Waals surface area contributed by atoms with Gasteiger partial charge in [-0.2, -0.15) is 0 Å². The minimum Gasteiger partial charge on any atom is -0.324 e. The van der Waals surface area contributed by atoms with Gasteiger partial charge in [-0.05, 0) is 43.0 Å². The van der Waals surface area contributed by atoms with Crippen molar-refractivity contribution < 1.29 is 4.39 Å². The molecule has 0 bridgehead atoms. The van der Waals surface area contributed by atoms with Crippen LogP contribution < -0.4 is 5.73 Å². The molecule has 0 saturated carbocycles. The van der Waals surface area contributed by atoms with Crippen LogP contribution in [-0.4, -0.2) is 0 Å². The molecule has 0 aromatic heterocycles. The van der Waals surface area contributed by atoms with Crippen molar-refractivity contribution in [3.05, 3.63) is 70.5 Å². The van der Waals surface area contributed by atoms with Crippen LogP contribution in [0.1, 0.15) is 28.3 Å². The van der Waals surface area contributed by atoms with Gasteiger partial charge in [0.05, 0.1) is 0 Å². The topological polar surface area (TPSA) is 26.0 Å². The largest absolute Gasteiger partial charge is 0.324 e. The molecule has 0 aliphatic carbocycles. The summed E-state index contributed by atoms with van der Waals surface area (Å²) >= 11 is 0. The van der Waals surface area contributed by atoms with Crippen molar-refractivity contribution in [2.45, 2.75) is 26.3 Å². The maximum Gasteiger partial charge on any atom is 0.128 e. The zero-order valence-electron chi connectivity index (χ0n) is 10.8. The molecule has 0 heterocycles. The molecular weight excluding hydrogens is 225 g/mol. The molecule has 1 atom stereocenters. The molecule has 1 nitrogen and oxygen atoms in total. The van der Waals surface area contributed by atoms with Gasteiger partial charge >= 0.3 is 0 Å². The van der Waals surface area contributed by atoms with E-state index in [0.29, 0.717) is 12.0 Å². The Kier molecular flexibility index (Phi) is 3.78. The van der Waals surface area contributed by atoms with Crippen molar-refractivity contribution in [1.82, 2.24) is 0 Å². The highest BCUT2D eigenvalue weighted by Gasteiger charge is 2.15. The molecule has 94 valence electrons. The van der Waals surface area contributed by atoms with E-state index in [2.05, 4.69) is 0 Å². The molecule has 1 unspecified atom stereocenters. The van der Waals surface area contributed by atoms with Gasteiger partial charge in [0, 0.05) is 11.6 Å². The molecule has 2 aromatic carbocycles. The van der Waals surface area contributed by atoms with Gasteiger partial charge < -0.3 is 5.73 Å². The Morgan fingerprint density at radius 2 is 1.78 bits per heavy atom. The number of aryl methyl sites for hydroxylation is 2. The second-order valence-corrected chi connectivity index (χ2v) is 4.77. The summed E-state index contributed by atoms with van der Waals surface area (Å²) in [7, 11) is 0. The third-order valence-corrected chi connectivity index (χ3v) is 3.15. The molecule has 0 fully saturated rings. The quantitative estimate of drug-likeness (QED) is 0.874. The normalized spacial score (nSPS) is 12.4. The van der Waals surface area contributed by atoms with Crippen molar-refractivity contribution in [2.75, 3.05) is 0 Å². The summed E-state index contributed by atoms with van der Waals surface area (Å²) in [4.78, 5) is 0. The van der Waals surface area contributed by atoms with Gasteiger partial charge in [0.2, 0.25) is 0 Å². The molecule has 2 heteroatoms. The highest BCUT2D eigenvalue weighted by Crippen LogP contribution is 2.24. The zero-order valence-corrected chi connectivity index (χ0v) is 10.8. The van der Waals surface area contributed by atoms with E-state index >= 15 is 0 Å². The van der Waals surface area contributed by atoms with Gasteiger partial charge in [-0.15, -0.1) is 0 Å². The Balaban J connectivity index is 2.27. The monoisotopic (exact) mass is 243 g/mol. The van der Waals surface area contributed by atoms with Crippen LogP contribution in [0.2, 0.25) is 0 Å². The first kappa shape index (κ1) is 12.8. The minimum atomic E-state index is -0.298. The molecule has 2 N–H and O–H groups in total. The van der Waals surface area contributed by atoms with E-state index in [1.165, 1.54) is 0 Å². The van der Waals surface area contributed by atoms with E-state index in [-0.39, 0.29) is 11.9 Å². The molecule has 0 radical (unpaired) electrons. The highest BCUT2D eigenvalue weighted by molar-refractivity contribution is 5.35. The Hall–Kier alpha value is -1.67. The fourth-order valence-electron chi connectivity index (χ4n) is 2.37. The Bertz CT molecular complexity index is 511. The van der Waals surface area contributed by atoms with Crippen molar-refractivity contribution in [1.29, 1.82) is 0 Å². The number of nitrogens with two attached hydrogens (primary N) is 1. The van der Waals surface area contributed by atoms with Crippen LogP contribution in [0.25, 0.3) is 0 Å². The van der Waals surface area contributed by atoms with Gasteiger partial charge in [-0.3, -0.25) is 0 Å². The summed E-state index contributed by atoms with van der Waals surface area (Å²) in [6.07, 6.45) is 0.654. The van der Waals surface area contributed by atoms with Gasteiger partial charge in [0.1, 0.15) is 5.82 Å². The maximum atomic E-state index is 14.0. The first-order valence-electron chi connectivity index (χ1n) is 6.14. The number of hydrogen-bond donors (Lipinski definition) is 1. The van der Waals surface area contributed by atoms with Crippen LogP contribution in [0.5, 0.6) is 0 Å². The van der Waals surface area contributed by atoms with E-state index in [0.717, 1.165) is 16.7 Å². The summed E-state index contributed by atoms with van der Waals surface area (Å²) in [5.41, 5.74) is 9.75. The van der Waals surface area contributed by atoms with Crippen LogP contribution in [0.4, 0.5) is 4.39 Å². The van der Waals surface area contributed by atoms with E-state index in [4.69, 9.17) is 5.73 Å². The van der Waals surface area contributed by atoms with E-state index in [1.54, 1.807) is 6.07 Å². The third-order valence-electron chi connectivity index (χ3n) is 3.15. The highest BCUT2D eigenvalue weighted by atomic mass is 19.1. The van der Waals surface area contributed by atoms with Gasteiger partial charge in [-0.1, -0.05) is 36.4 Å². The van der Waals surface area contributed by atoms with E-state index in [9.17, 15) is 4.39 Å². The lowest BCUT2D eigenvalue weighted by Crippen LogP contribution is -2.16. The number of rotatable bonds is 3. The lowest BCUT2D eigenvalue weighted by atomic mass is 9.94. The predicted molar refractivity (Wildman–Crippen MR) is 72.9 cm³/mol. The Morgan fingerprint density at radius 1 is 1.11 bits per heavy atom. The van der Waals surface area contributed by atoms with E-state index in [1.807, 2.05) is 50.2 Å². The van der Waals surface area contributed by atoms with Crippen molar-refractivity contribution >= 4 is 0 Å². The average Bonchev–Trinajstić information content (AvgIpc) is 2.28. The predicted octanol–water partition coefficient (Wildman–Crippen LogP) is 3.69. The minimum absolute atomic E-state index is 0.198. The number of hydrogen-bond acceptors (Lipinski definition) is 1. The Labute approximate surface area is 107 Å². The molecule has 0 saturated heterocycles. The maximum absolute atomic E-state index is 14.0.